The highest BCUT2D eigenvalue weighted by molar-refractivity contribution is 5.87. The molecule has 0 aliphatic carbocycles. The maximum absolute atomic E-state index is 10.9. The fourth-order valence-electron chi connectivity index (χ4n) is 2.43. The molecule has 0 amide bonds. The number of pyridine rings is 1. The molecule has 5 heteroatoms. The predicted molar refractivity (Wildman–Crippen MR) is 72.8 cm³/mol. The molecule has 2 rings (SSSR count). The first-order valence-corrected chi connectivity index (χ1v) is 6.61. The maximum atomic E-state index is 10.9. The van der Waals surface area contributed by atoms with Crippen molar-refractivity contribution in [1.29, 1.82) is 0 Å². The normalized spacial score (nSPS) is 23.4. The van der Waals surface area contributed by atoms with Gasteiger partial charge in [-0.05, 0) is 31.9 Å². The highest BCUT2D eigenvalue weighted by Gasteiger charge is 2.27. The largest absolute Gasteiger partial charge is 0.478 e. The van der Waals surface area contributed by atoms with Crippen LogP contribution in [0.25, 0.3) is 0 Å². The molecule has 19 heavy (non-hydrogen) atoms. The standard InChI is InChI=1S/C14H20N2O3/c1-4-12-8-19-10(3)7-16(12)13-9(2)5-11(6-15-13)14(17)18/h5-6,10,12H,4,7-8H2,1-3H3,(H,17,18). The van der Waals surface area contributed by atoms with E-state index < -0.39 is 5.97 Å². The van der Waals surface area contributed by atoms with Gasteiger partial charge in [0.25, 0.3) is 0 Å². The summed E-state index contributed by atoms with van der Waals surface area (Å²) in [6.07, 6.45) is 2.58. The highest BCUT2D eigenvalue weighted by Crippen LogP contribution is 2.25. The monoisotopic (exact) mass is 264 g/mol. The Kier molecular flexibility index (Phi) is 4.04. The number of aromatic carboxylic acids is 1. The van der Waals surface area contributed by atoms with Crippen LogP contribution in [0.15, 0.2) is 12.3 Å². The van der Waals surface area contributed by atoms with Crippen molar-refractivity contribution in [3.8, 4) is 0 Å². The van der Waals surface area contributed by atoms with Crippen LogP contribution >= 0.6 is 0 Å². The number of carboxylic acids is 1. The van der Waals surface area contributed by atoms with Crippen LogP contribution in [0.5, 0.6) is 0 Å². The Bertz CT molecular complexity index is 476. The van der Waals surface area contributed by atoms with Crippen LogP contribution in [0.1, 0.15) is 36.2 Å². The quantitative estimate of drug-likeness (QED) is 0.905. The third kappa shape index (κ3) is 2.87. The summed E-state index contributed by atoms with van der Waals surface area (Å²) in [5.41, 5.74) is 1.13. The Labute approximate surface area is 113 Å². The first-order valence-electron chi connectivity index (χ1n) is 6.61. The minimum absolute atomic E-state index is 0.170. The molecule has 5 nitrogen and oxygen atoms in total. The number of morpholine rings is 1. The van der Waals surface area contributed by atoms with Crippen molar-refractivity contribution in [3.63, 3.8) is 0 Å². The van der Waals surface area contributed by atoms with Crippen LogP contribution in [-0.2, 0) is 4.74 Å². The molecule has 1 N–H and O–H groups in total. The van der Waals surface area contributed by atoms with Crippen LogP contribution in [0.3, 0.4) is 0 Å². The molecule has 0 radical (unpaired) electrons. The Hall–Kier alpha value is -1.62. The zero-order chi connectivity index (χ0) is 14.0. The lowest BCUT2D eigenvalue weighted by atomic mass is 10.1. The molecule has 0 bridgehead atoms. The molecule has 1 fully saturated rings. The number of carbonyl (C=O) groups is 1. The van der Waals surface area contributed by atoms with Gasteiger partial charge in [0.2, 0.25) is 0 Å². The molecule has 1 aromatic heterocycles. The van der Waals surface area contributed by atoms with Gasteiger partial charge in [0.05, 0.1) is 24.3 Å². The fraction of sp³-hybridized carbons (Fsp3) is 0.571. The molecule has 1 aliphatic heterocycles. The number of carboxylic acid groups (broad SMARTS) is 1. The van der Waals surface area contributed by atoms with Crippen LogP contribution in [0.4, 0.5) is 5.82 Å². The third-order valence-corrected chi connectivity index (χ3v) is 3.51. The molecule has 104 valence electrons. The number of ether oxygens (including phenoxy) is 1. The summed E-state index contributed by atoms with van der Waals surface area (Å²) >= 11 is 0. The predicted octanol–water partition coefficient (Wildman–Crippen LogP) is 2.09. The van der Waals surface area contributed by atoms with Gasteiger partial charge in [-0.1, -0.05) is 6.92 Å². The molecular weight excluding hydrogens is 244 g/mol. The lowest BCUT2D eigenvalue weighted by molar-refractivity contribution is 0.0295. The summed E-state index contributed by atoms with van der Waals surface area (Å²) in [5, 5.41) is 8.98. The maximum Gasteiger partial charge on any atom is 0.337 e. The van der Waals surface area contributed by atoms with Crippen molar-refractivity contribution in [2.75, 3.05) is 18.1 Å². The number of hydrogen-bond donors (Lipinski definition) is 1. The van der Waals surface area contributed by atoms with E-state index in [1.54, 1.807) is 6.07 Å². The van der Waals surface area contributed by atoms with Crippen LogP contribution in [0, 0.1) is 6.92 Å². The Morgan fingerprint density at radius 1 is 1.63 bits per heavy atom. The van der Waals surface area contributed by atoms with Crippen molar-refractivity contribution < 1.29 is 14.6 Å². The first kappa shape index (κ1) is 13.8. The number of hydrogen-bond acceptors (Lipinski definition) is 4. The lowest BCUT2D eigenvalue weighted by Gasteiger charge is -2.39. The highest BCUT2D eigenvalue weighted by atomic mass is 16.5. The second-order valence-corrected chi connectivity index (χ2v) is 5.03. The topological polar surface area (TPSA) is 62.7 Å². The Balaban J connectivity index is 2.31. The van der Waals surface area contributed by atoms with E-state index in [-0.39, 0.29) is 11.7 Å². The number of nitrogens with zero attached hydrogens (tertiary/aromatic N) is 2. The van der Waals surface area contributed by atoms with Gasteiger partial charge in [0.15, 0.2) is 0 Å². The zero-order valence-corrected chi connectivity index (χ0v) is 11.6. The molecule has 2 atom stereocenters. The summed E-state index contributed by atoms with van der Waals surface area (Å²) < 4.78 is 5.67. The third-order valence-electron chi connectivity index (χ3n) is 3.51. The summed E-state index contributed by atoms with van der Waals surface area (Å²) in [4.78, 5) is 17.5. The van der Waals surface area contributed by atoms with Gasteiger partial charge < -0.3 is 14.7 Å². The lowest BCUT2D eigenvalue weighted by Crippen LogP contribution is -2.49. The molecule has 1 saturated heterocycles. The van der Waals surface area contributed by atoms with E-state index in [4.69, 9.17) is 9.84 Å². The summed E-state index contributed by atoms with van der Waals surface area (Å²) in [6.45, 7) is 7.55. The van der Waals surface area contributed by atoms with Gasteiger partial charge in [0, 0.05) is 12.7 Å². The van der Waals surface area contributed by atoms with E-state index in [0.29, 0.717) is 12.6 Å². The summed E-state index contributed by atoms with van der Waals surface area (Å²) in [5.74, 6) is -0.0727. The molecule has 1 aromatic rings. The van der Waals surface area contributed by atoms with Crippen molar-refractivity contribution in [1.82, 2.24) is 4.98 Å². The van der Waals surface area contributed by atoms with Gasteiger partial charge in [0.1, 0.15) is 5.82 Å². The van der Waals surface area contributed by atoms with Gasteiger partial charge in [-0.2, -0.15) is 0 Å². The smallest absolute Gasteiger partial charge is 0.337 e. The van der Waals surface area contributed by atoms with E-state index in [0.717, 1.165) is 24.3 Å². The van der Waals surface area contributed by atoms with E-state index in [1.165, 1.54) is 6.20 Å². The molecule has 0 spiro atoms. The molecule has 0 aromatic carbocycles. The van der Waals surface area contributed by atoms with Crippen molar-refractivity contribution in [3.05, 3.63) is 23.4 Å². The van der Waals surface area contributed by atoms with Crippen LogP contribution in [-0.4, -0.2) is 41.4 Å². The van der Waals surface area contributed by atoms with Crippen molar-refractivity contribution in [2.24, 2.45) is 0 Å². The molecule has 2 unspecified atom stereocenters. The van der Waals surface area contributed by atoms with E-state index >= 15 is 0 Å². The van der Waals surface area contributed by atoms with Crippen molar-refractivity contribution in [2.45, 2.75) is 39.3 Å². The number of anilines is 1. The summed E-state index contributed by atoms with van der Waals surface area (Å²) in [6, 6.07) is 1.98. The minimum atomic E-state index is -0.940. The molecule has 2 heterocycles. The van der Waals surface area contributed by atoms with Gasteiger partial charge in [-0.15, -0.1) is 0 Å². The number of aromatic nitrogens is 1. The fourth-order valence-corrected chi connectivity index (χ4v) is 2.43. The second kappa shape index (κ2) is 5.57. The molecule has 1 aliphatic rings. The van der Waals surface area contributed by atoms with Crippen LogP contribution < -0.4 is 4.90 Å². The first-order chi connectivity index (χ1) is 9.02. The minimum Gasteiger partial charge on any atom is -0.478 e. The average molecular weight is 264 g/mol. The van der Waals surface area contributed by atoms with Crippen molar-refractivity contribution >= 4 is 11.8 Å². The van der Waals surface area contributed by atoms with Gasteiger partial charge >= 0.3 is 5.97 Å². The second-order valence-electron chi connectivity index (χ2n) is 5.03. The molecular formula is C14H20N2O3. The van der Waals surface area contributed by atoms with Crippen LogP contribution in [0.2, 0.25) is 0 Å². The molecule has 0 saturated carbocycles. The Morgan fingerprint density at radius 2 is 2.37 bits per heavy atom. The van der Waals surface area contributed by atoms with Gasteiger partial charge in [-0.3, -0.25) is 0 Å². The SMILES string of the molecule is CCC1COC(C)CN1c1ncc(C(=O)O)cc1C. The zero-order valence-electron chi connectivity index (χ0n) is 11.6. The average Bonchev–Trinajstić information content (AvgIpc) is 2.38. The van der Waals surface area contributed by atoms with E-state index in [1.807, 2.05) is 13.8 Å². The number of rotatable bonds is 3. The van der Waals surface area contributed by atoms with E-state index in [2.05, 4.69) is 16.8 Å². The number of aryl methyl sites for hydroxylation is 1. The van der Waals surface area contributed by atoms with E-state index in [9.17, 15) is 4.79 Å². The van der Waals surface area contributed by atoms with Gasteiger partial charge in [-0.25, -0.2) is 9.78 Å². The Morgan fingerprint density at radius 3 is 2.95 bits per heavy atom. The summed E-state index contributed by atoms with van der Waals surface area (Å²) in [7, 11) is 0.